The van der Waals surface area contributed by atoms with Crippen LogP contribution in [0.1, 0.15) is 11.5 Å². The Balaban J connectivity index is 0.000000810. The molecule has 0 aliphatic heterocycles. The van der Waals surface area contributed by atoms with E-state index in [0.717, 1.165) is 11.5 Å². The van der Waals surface area contributed by atoms with Crippen molar-refractivity contribution in [2.24, 2.45) is 0 Å². The fourth-order valence-corrected chi connectivity index (χ4v) is 0.728. The quantitative estimate of drug-likeness (QED) is 0.682. The van der Waals surface area contributed by atoms with Gasteiger partial charge in [0, 0.05) is 6.20 Å². The Labute approximate surface area is 75.4 Å². The molecule has 0 saturated heterocycles. The van der Waals surface area contributed by atoms with Crippen LogP contribution in [0.3, 0.4) is 0 Å². The molecule has 0 saturated carbocycles. The van der Waals surface area contributed by atoms with E-state index in [1.807, 2.05) is 6.92 Å². The molecule has 0 aliphatic rings. The minimum absolute atomic E-state index is 0. The maximum atomic E-state index is 5.51. The molecule has 1 rings (SSSR count). The average Bonchev–Trinajstić information content (AvgIpc) is 1.88. The van der Waals surface area contributed by atoms with Crippen molar-refractivity contribution in [3.05, 3.63) is 23.8 Å². The van der Waals surface area contributed by atoms with Crippen LogP contribution in [0.15, 0.2) is 12.3 Å². The number of alkyl halides is 1. The summed E-state index contributed by atoms with van der Waals surface area (Å²) in [5.74, 6) is 1.23. The second kappa shape index (κ2) is 4.63. The lowest BCUT2D eigenvalue weighted by molar-refractivity contribution is 1.00. The summed E-state index contributed by atoms with van der Waals surface area (Å²) in [7, 11) is 0. The predicted octanol–water partition coefficient (Wildman–Crippen LogP) is 2.10. The first kappa shape index (κ1) is 9.85. The summed E-state index contributed by atoms with van der Waals surface area (Å²) >= 11 is 5.51. The highest BCUT2D eigenvalue weighted by Crippen LogP contribution is 1.97. The molecule has 1 aromatic rings. The topological polar surface area (TPSA) is 25.8 Å². The number of hydrogen-bond acceptors (Lipinski definition) is 2. The van der Waals surface area contributed by atoms with E-state index in [1.165, 1.54) is 0 Å². The van der Waals surface area contributed by atoms with Crippen LogP contribution in [0.25, 0.3) is 0 Å². The van der Waals surface area contributed by atoms with Crippen LogP contribution in [0.5, 0.6) is 0 Å². The Kier molecular flexibility index (Phi) is 4.56. The van der Waals surface area contributed by atoms with Gasteiger partial charge in [-0.2, -0.15) is 0 Å². The Hall–Kier alpha value is -0.150. The Morgan fingerprint density at radius 3 is 2.70 bits per heavy atom. The molecule has 0 aliphatic carbocycles. The van der Waals surface area contributed by atoms with Gasteiger partial charge < -0.3 is 0 Å². The molecule has 0 N–H and O–H groups in total. The zero-order valence-electron chi connectivity index (χ0n) is 5.54. The Morgan fingerprint density at radius 1 is 1.60 bits per heavy atom. The molecule has 0 atom stereocenters. The summed E-state index contributed by atoms with van der Waals surface area (Å²) in [4.78, 5) is 7.97. The number of halogens is 2. The van der Waals surface area contributed by atoms with Crippen molar-refractivity contribution in [2.45, 2.75) is 12.8 Å². The van der Waals surface area contributed by atoms with Crippen molar-refractivity contribution in [3.8, 4) is 0 Å². The average molecular weight is 224 g/mol. The summed E-state index contributed by atoms with van der Waals surface area (Å²) in [5, 5.41) is 0. The Bertz CT molecular complexity index is 205. The second-order valence-corrected chi connectivity index (χ2v) is 2.00. The third-order valence-electron chi connectivity index (χ3n) is 0.971. The lowest BCUT2D eigenvalue weighted by atomic mass is 10.4. The molecule has 0 amide bonds. The third kappa shape index (κ3) is 2.62. The zero-order valence-corrected chi connectivity index (χ0v) is 8.01. The monoisotopic (exact) mass is 222 g/mol. The highest BCUT2D eigenvalue weighted by molar-refractivity contribution is 8.93. The molecule has 1 aromatic heterocycles. The predicted molar refractivity (Wildman–Crippen MR) is 46.6 cm³/mol. The molecule has 0 unspecified atom stereocenters. The van der Waals surface area contributed by atoms with Crippen molar-refractivity contribution < 1.29 is 0 Å². The van der Waals surface area contributed by atoms with E-state index in [9.17, 15) is 0 Å². The molecule has 0 spiro atoms. The number of rotatable bonds is 1. The molecular formula is C6H8BrClN2. The van der Waals surface area contributed by atoms with Crippen LogP contribution in [-0.4, -0.2) is 9.97 Å². The lowest BCUT2D eigenvalue weighted by Gasteiger charge is -1.92. The standard InChI is InChI=1S/C6H7ClN2.BrH/c1-5-8-3-2-6(4-7)9-5;/h2-3H,4H2,1H3;1H. The van der Waals surface area contributed by atoms with Crippen LogP contribution < -0.4 is 0 Å². The van der Waals surface area contributed by atoms with Gasteiger partial charge in [-0.05, 0) is 13.0 Å². The van der Waals surface area contributed by atoms with E-state index in [2.05, 4.69) is 9.97 Å². The van der Waals surface area contributed by atoms with Crippen LogP contribution in [0.4, 0.5) is 0 Å². The number of aryl methyl sites for hydroxylation is 1. The van der Waals surface area contributed by atoms with Gasteiger partial charge in [0.1, 0.15) is 5.82 Å². The van der Waals surface area contributed by atoms with E-state index in [-0.39, 0.29) is 17.0 Å². The Morgan fingerprint density at radius 2 is 2.30 bits per heavy atom. The highest BCUT2D eigenvalue weighted by atomic mass is 79.9. The van der Waals surface area contributed by atoms with Crippen LogP contribution in [-0.2, 0) is 5.88 Å². The fraction of sp³-hybridized carbons (Fsp3) is 0.333. The molecule has 56 valence electrons. The van der Waals surface area contributed by atoms with Crippen molar-refractivity contribution >= 4 is 28.6 Å². The zero-order chi connectivity index (χ0) is 6.69. The summed E-state index contributed by atoms with van der Waals surface area (Å²) in [6, 6.07) is 1.81. The van der Waals surface area contributed by atoms with Crippen molar-refractivity contribution in [1.29, 1.82) is 0 Å². The maximum absolute atomic E-state index is 5.51. The first-order chi connectivity index (χ1) is 4.33. The number of nitrogens with zero attached hydrogens (tertiary/aromatic N) is 2. The fourth-order valence-electron chi connectivity index (χ4n) is 0.580. The van der Waals surface area contributed by atoms with Gasteiger partial charge in [-0.15, -0.1) is 28.6 Å². The first-order valence-corrected chi connectivity index (χ1v) is 3.21. The molecule has 0 fully saturated rings. The van der Waals surface area contributed by atoms with Gasteiger partial charge in [0.2, 0.25) is 0 Å². The molecule has 0 aromatic carbocycles. The molecule has 0 bridgehead atoms. The molecule has 2 nitrogen and oxygen atoms in total. The van der Waals surface area contributed by atoms with Crippen molar-refractivity contribution in [2.75, 3.05) is 0 Å². The summed E-state index contributed by atoms with van der Waals surface area (Å²) in [6.07, 6.45) is 1.71. The first-order valence-electron chi connectivity index (χ1n) is 2.67. The van der Waals surface area contributed by atoms with E-state index < -0.39 is 0 Å². The number of aromatic nitrogens is 2. The second-order valence-electron chi connectivity index (χ2n) is 1.73. The third-order valence-corrected chi connectivity index (χ3v) is 1.24. The lowest BCUT2D eigenvalue weighted by Crippen LogP contribution is -1.89. The van der Waals surface area contributed by atoms with Gasteiger partial charge in [-0.1, -0.05) is 0 Å². The van der Waals surface area contributed by atoms with Gasteiger partial charge >= 0.3 is 0 Å². The van der Waals surface area contributed by atoms with Gasteiger partial charge in [0.15, 0.2) is 0 Å². The molecule has 0 radical (unpaired) electrons. The number of hydrogen-bond donors (Lipinski definition) is 0. The minimum atomic E-state index is 0. The molecule has 10 heavy (non-hydrogen) atoms. The van der Waals surface area contributed by atoms with E-state index in [0.29, 0.717) is 5.88 Å². The van der Waals surface area contributed by atoms with Gasteiger partial charge in [0.25, 0.3) is 0 Å². The summed E-state index contributed by atoms with van der Waals surface area (Å²) in [5.41, 5.74) is 0.879. The molecular weight excluding hydrogens is 215 g/mol. The van der Waals surface area contributed by atoms with E-state index in [4.69, 9.17) is 11.6 Å². The summed E-state index contributed by atoms with van der Waals surface area (Å²) in [6.45, 7) is 1.84. The van der Waals surface area contributed by atoms with E-state index in [1.54, 1.807) is 12.3 Å². The van der Waals surface area contributed by atoms with E-state index >= 15 is 0 Å². The smallest absolute Gasteiger partial charge is 0.125 e. The van der Waals surface area contributed by atoms with Crippen molar-refractivity contribution in [3.63, 3.8) is 0 Å². The SMILES string of the molecule is Br.Cc1nccc(CCl)n1. The molecule has 1 heterocycles. The normalized spacial score (nSPS) is 8.60. The van der Waals surface area contributed by atoms with Gasteiger partial charge in [-0.25, -0.2) is 9.97 Å². The van der Waals surface area contributed by atoms with Crippen LogP contribution >= 0.6 is 28.6 Å². The van der Waals surface area contributed by atoms with Crippen molar-refractivity contribution in [1.82, 2.24) is 9.97 Å². The van der Waals surface area contributed by atoms with Crippen LogP contribution in [0.2, 0.25) is 0 Å². The van der Waals surface area contributed by atoms with Gasteiger partial charge in [-0.3, -0.25) is 0 Å². The minimum Gasteiger partial charge on any atom is -0.242 e. The highest BCUT2D eigenvalue weighted by Gasteiger charge is 1.89. The van der Waals surface area contributed by atoms with Crippen LogP contribution in [0, 0.1) is 6.92 Å². The largest absolute Gasteiger partial charge is 0.242 e. The van der Waals surface area contributed by atoms with Gasteiger partial charge in [0.05, 0.1) is 11.6 Å². The maximum Gasteiger partial charge on any atom is 0.125 e. The summed E-state index contributed by atoms with van der Waals surface area (Å²) < 4.78 is 0. The molecule has 4 heteroatoms.